The van der Waals surface area contributed by atoms with Crippen LogP contribution in [0.1, 0.15) is 13.8 Å². The van der Waals surface area contributed by atoms with Crippen LogP contribution in [0, 0.1) is 5.41 Å². The molecular formula is C10H17N3O2S. The van der Waals surface area contributed by atoms with Crippen LogP contribution in [0.15, 0.2) is 29.4 Å². The second kappa shape index (κ2) is 4.90. The lowest BCUT2D eigenvalue weighted by molar-refractivity contribution is 0.376. The molecule has 16 heavy (non-hydrogen) atoms. The summed E-state index contributed by atoms with van der Waals surface area (Å²) in [5.41, 5.74) is 5.28. The molecule has 0 bridgehead atoms. The van der Waals surface area contributed by atoms with Gasteiger partial charge in [0.1, 0.15) is 0 Å². The molecule has 0 aliphatic heterocycles. The van der Waals surface area contributed by atoms with E-state index in [9.17, 15) is 8.42 Å². The first-order valence-electron chi connectivity index (χ1n) is 4.97. The van der Waals surface area contributed by atoms with Crippen LogP contribution < -0.4 is 10.5 Å². The van der Waals surface area contributed by atoms with Gasteiger partial charge in [0, 0.05) is 18.9 Å². The second-order valence-corrected chi connectivity index (χ2v) is 6.14. The molecule has 0 saturated carbocycles. The number of rotatable bonds is 5. The Balaban J connectivity index is 2.75. The Morgan fingerprint density at radius 1 is 1.38 bits per heavy atom. The average molecular weight is 243 g/mol. The van der Waals surface area contributed by atoms with Gasteiger partial charge in [-0.2, -0.15) is 0 Å². The maximum absolute atomic E-state index is 11.8. The standard InChI is InChI=1S/C10H17N3O2S/c1-10(2,7-11)8-13-16(14,15)9-3-5-12-6-4-9/h3-6,13H,7-8,11H2,1-2H3. The van der Waals surface area contributed by atoms with Crippen LogP contribution in [-0.4, -0.2) is 26.5 Å². The van der Waals surface area contributed by atoms with Crippen molar-refractivity contribution in [1.29, 1.82) is 0 Å². The highest BCUT2D eigenvalue weighted by Gasteiger charge is 2.20. The molecule has 6 heteroatoms. The number of pyridine rings is 1. The molecule has 0 saturated heterocycles. The fourth-order valence-corrected chi connectivity index (χ4v) is 2.19. The summed E-state index contributed by atoms with van der Waals surface area (Å²) in [6, 6.07) is 2.91. The Morgan fingerprint density at radius 3 is 2.44 bits per heavy atom. The quantitative estimate of drug-likeness (QED) is 0.781. The normalized spacial score (nSPS) is 12.7. The number of hydrogen-bond donors (Lipinski definition) is 2. The summed E-state index contributed by atoms with van der Waals surface area (Å²) in [4.78, 5) is 3.99. The minimum atomic E-state index is -3.45. The molecule has 0 atom stereocenters. The van der Waals surface area contributed by atoms with Crippen molar-refractivity contribution in [3.8, 4) is 0 Å². The van der Waals surface area contributed by atoms with Crippen LogP contribution >= 0.6 is 0 Å². The van der Waals surface area contributed by atoms with Gasteiger partial charge in [0.25, 0.3) is 0 Å². The Labute approximate surface area is 96.1 Å². The number of hydrogen-bond acceptors (Lipinski definition) is 4. The summed E-state index contributed by atoms with van der Waals surface area (Å²) in [6.07, 6.45) is 2.89. The molecule has 1 aromatic rings. The van der Waals surface area contributed by atoms with Crippen LogP contribution in [0.5, 0.6) is 0 Å². The molecule has 0 radical (unpaired) electrons. The van der Waals surface area contributed by atoms with E-state index in [4.69, 9.17) is 5.73 Å². The fraction of sp³-hybridized carbons (Fsp3) is 0.500. The summed E-state index contributed by atoms with van der Waals surface area (Å²) < 4.78 is 26.2. The van der Waals surface area contributed by atoms with E-state index in [2.05, 4.69) is 9.71 Å². The number of sulfonamides is 1. The predicted molar refractivity (Wildman–Crippen MR) is 62.3 cm³/mol. The summed E-state index contributed by atoms with van der Waals surface area (Å²) in [5.74, 6) is 0. The molecule has 0 aliphatic rings. The molecule has 1 heterocycles. The van der Waals surface area contributed by atoms with Gasteiger partial charge in [-0.05, 0) is 24.1 Å². The van der Waals surface area contributed by atoms with Crippen molar-refractivity contribution >= 4 is 10.0 Å². The lowest BCUT2D eigenvalue weighted by Gasteiger charge is -2.22. The molecule has 0 spiro atoms. The topological polar surface area (TPSA) is 85.1 Å². The summed E-state index contributed by atoms with van der Waals surface area (Å²) in [7, 11) is -3.45. The van der Waals surface area contributed by atoms with Crippen LogP contribution in [0.2, 0.25) is 0 Å². The van der Waals surface area contributed by atoms with Gasteiger partial charge in [0.05, 0.1) is 4.90 Å². The van der Waals surface area contributed by atoms with Gasteiger partial charge in [-0.3, -0.25) is 4.98 Å². The van der Waals surface area contributed by atoms with E-state index >= 15 is 0 Å². The Bertz CT molecular complexity index is 429. The Kier molecular flexibility index (Phi) is 4.01. The molecule has 0 fully saturated rings. The van der Waals surface area contributed by atoms with Gasteiger partial charge in [-0.25, -0.2) is 13.1 Å². The first-order valence-corrected chi connectivity index (χ1v) is 6.45. The van der Waals surface area contributed by atoms with Crippen molar-refractivity contribution in [2.24, 2.45) is 11.1 Å². The molecule has 1 rings (SSSR count). The number of nitrogens with two attached hydrogens (primary N) is 1. The molecule has 3 N–H and O–H groups in total. The third-order valence-electron chi connectivity index (χ3n) is 2.25. The summed E-state index contributed by atoms with van der Waals surface area (Å²) in [5, 5.41) is 0. The minimum Gasteiger partial charge on any atom is -0.330 e. The zero-order valence-electron chi connectivity index (χ0n) is 9.47. The summed E-state index contributed by atoms with van der Waals surface area (Å²) >= 11 is 0. The van der Waals surface area contributed by atoms with Crippen molar-refractivity contribution in [2.75, 3.05) is 13.1 Å². The highest BCUT2D eigenvalue weighted by atomic mass is 32.2. The first kappa shape index (κ1) is 13.1. The van der Waals surface area contributed by atoms with Crippen molar-refractivity contribution in [3.05, 3.63) is 24.5 Å². The fourth-order valence-electron chi connectivity index (χ4n) is 0.963. The van der Waals surface area contributed by atoms with E-state index in [0.717, 1.165) is 0 Å². The number of nitrogens with zero attached hydrogens (tertiary/aromatic N) is 1. The highest BCUT2D eigenvalue weighted by Crippen LogP contribution is 2.13. The summed E-state index contributed by atoms with van der Waals surface area (Å²) in [6.45, 7) is 4.55. The SMILES string of the molecule is CC(C)(CN)CNS(=O)(=O)c1ccncc1. The Morgan fingerprint density at radius 2 is 1.94 bits per heavy atom. The Hall–Kier alpha value is -0.980. The molecule has 5 nitrogen and oxygen atoms in total. The van der Waals surface area contributed by atoms with E-state index in [1.54, 1.807) is 0 Å². The van der Waals surface area contributed by atoms with Crippen molar-refractivity contribution in [1.82, 2.24) is 9.71 Å². The lowest BCUT2D eigenvalue weighted by Crippen LogP contribution is -2.38. The molecule has 0 amide bonds. The van der Waals surface area contributed by atoms with E-state index in [-0.39, 0.29) is 10.3 Å². The van der Waals surface area contributed by atoms with Crippen molar-refractivity contribution < 1.29 is 8.42 Å². The van der Waals surface area contributed by atoms with Gasteiger partial charge >= 0.3 is 0 Å². The van der Waals surface area contributed by atoms with Gasteiger partial charge in [-0.1, -0.05) is 13.8 Å². The third kappa shape index (κ3) is 3.55. The number of aromatic nitrogens is 1. The predicted octanol–water partition coefficient (Wildman–Crippen LogP) is 0.345. The number of nitrogens with one attached hydrogen (secondary N) is 1. The minimum absolute atomic E-state index is 0.218. The lowest BCUT2D eigenvalue weighted by atomic mass is 9.95. The average Bonchev–Trinajstić information content (AvgIpc) is 2.28. The van der Waals surface area contributed by atoms with Crippen LogP contribution in [0.3, 0.4) is 0 Å². The monoisotopic (exact) mass is 243 g/mol. The zero-order chi connectivity index (χ0) is 12.2. The molecule has 90 valence electrons. The third-order valence-corrected chi connectivity index (χ3v) is 3.67. The first-order chi connectivity index (χ1) is 7.37. The van der Waals surface area contributed by atoms with Crippen LogP contribution in [-0.2, 0) is 10.0 Å². The smallest absolute Gasteiger partial charge is 0.240 e. The van der Waals surface area contributed by atoms with E-state index in [1.807, 2.05) is 13.8 Å². The zero-order valence-corrected chi connectivity index (χ0v) is 10.3. The van der Waals surface area contributed by atoms with Crippen LogP contribution in [0.25, 0.3) is 0 Å². The van der Waals surface area contributed by atoms with Crippen molar-refractivity contribution in [2.45, 2.75) is 18.7 Å². The molecule has 1 aromatic heterocycles. The van der Waals surface area contributed by atoms with E-state index < -0.39 is 10.0 Å². The second-order valence-electron chi connectivity index (χ2n) is 4.38. The largest absolute Gasteiger partial charge is 0.330 e. The molecule has 0 aromatic carbocycles. The highest BCUT2D eigenvalue weighted by molar-refractivity contribution is 7.89. The van der Waals surface area contributed by atoms with Gasteiger partial charge in [-0.15, -0.1) is 0 Å². The van der Waals surface area contributed by atoms with Gasteiger partial charge < -0.3 is 5.73 Å². The maximum atomic E-state index is 11.8. The molecular weight excluding hydrogens is 226 g/mol. The molecule has 0 unspecified atom stereocenters. The van der Waals surface area contributed by atoms with Crippen LogP contribution in [0.4, 0.5) is 0 Å². The van der Waals surface area contributed by atoms with E-state index in [1.165, 1.54) is 24.5 Å². The van der Waals surface area contributed by atoms with Gasteiger partial charge in [0.2, 0.25) is 10.0 Å². The maximum Gasteiger partial charge on any atom is 0.240 e. The molecule has 0 aliphatic carbocycles. The van der Waals surface area contributed by atoms with Crippen molar-refractivity contribution in [3.63, 3.8) is 0 Å². The van der Waals surface area contributed by atoms with Gasteiger partial charge in [0.15, 0.2) is 0 Å². The van der Waals surface area contributed by atoms with E-state index in [0.29, 0.717) is 13.1 Å².